The van der Waals surface area contributed by atoms with Crippen LogP contribution in [0.1, 0.15) is 19.3 Å². The average Bonchev–Trinajstić information content (AvgIpc) is 2.63. The van der Waals surface area contributed by atoms with Crippen LogP contribution in [0.25, 0.3) is 0 Å². The molecule has 2 N–H and O–H groups in total. The van der Waals surface area contributed by atoms with Crippen molar-refractivity contribution in [3.8, 4) is 0 Å². The van der Waals surface area contributed by atoms with Crippen LogP contribution in [0.4, 0.5) is 0 Å². The van der Waals surface area contributed by atoms with Gasteiger partial charge in [-0.25, -0.2) is 0 Å². The van der Waals surface area contributed by atoms with Crippen LogP contribution in [-0.2, 0) is 0 Å². The quantitative estimate of drug-likeness (QED) is 0.603. The molecule has 2 saturated heterocycles. The predicted octanol–water partition coefficient (Wildman–Crippen LogP) is -0.195. The van der Waals surface area contributed by atoms with Gasteiger partial charge in [0.2, 0.25) is 0 Å². The van der Waals surface area contributed by atoms with E-state index >= 15 is 0 Å². The van der Waals surface area contributed by atoms with Gasteiger partial charge in [0, 0.05) is 25.7 Å². The number of nitrogens with zero attached hydrogens (tertiary/aromatic N) is 1. The van der Waals surface area contributed by atoms with Crippen LogP contribution in [0.5, 0.6) is 0 Å². The number of hydrogen-bond acceptors (Lipinski definition) is 3. The third-order valence-corrected chi connectivity index (χ3v) is 2.89. The van der Waals surface area contributed by atoms with Crippen molar-refractivity contribution in [2.24, 2.45) is 0 Å². The summed E-state index contributed by atoms with van der Waals surface area (Å²) in [7, 11) is 0. The molecule has 2 fully saturated rings. The number of rotatable bonds is 2. The van der Waals surface area contributed by atoms with Crippen LogP contribution in [-0.4, -0.2) is 48.3 Å². The number of likely N-dealkylation sites (tertiary alicyclic amines) is 1. The van der Waals surface area contributed by atoms with Crippen molar-refractivity contribution >= 4 is 0 Å². The zero-order valence-corrected chi connectivity index (χ0v) is 7.50. The molecule has 2 aliphatic rings. The third kappa shape index (κ3) is 1.97. The summed E-state index contributed by atoms with van der Waals surface area (Å²) in [5.74, 6) is 0. The van der Waals surface area contributed by atoms with E-state index in [1.165, 1.54) is 19.4 Å². The fourth-order valence-corrected chi connectivity index (χ4v) is 2.20. The van der Waals surface area contributed by atoms with E-state index in [9.17, 15) is 5.11 Å². The van der Waals surface area contributed by atoms with E-state index in [0.717, 1.165) is 26.1 Å². The molecule has 0 bridgehead atoms. The SMILES string of the molecule is O[C@@H]1CCN(CC2CCCN2)C1. The van der Waals surface area contributed by atoms with Crippen molar-refractivity contribution in [2.75, 3.05) is 26.2 Å². The van der Waals surface area contributed by atoms with Gasteiger partial charge in [-0.3, -0.25) is 4.90 Å². The molecule has 0 aromatic carbocycles. The van der Waals surface area contributed by atoms with E-state index in [4.69, 9.17) is 0 Å². The summed E-state index contributed by atoms with van der Waals surface area (Å²) in [4.78, 5) is 2.37. The minimum absolute atomic E-state index is 0.0635. The zero-order chi connectivity index (χ0) is 8.39. The van der Waals surface area contributed by atoms with E-state index < -0.39 is 0 Å². The van der Waals surface area contributed by atoms with Crippen LogP contribution < -0.4 is 5.32 Å². The standard InChI is InChI=1S/C9H18N2O/c12-9-3-5-11(7-9)6-8-2-1-4-10-8/h8-10,12H,1-7H2/t8?,9-/m1/s1. The van der Waals surface area contributed by atoms with Crippen LogP contribution >= 0.6 is 0 Å². The minimum Gasteiger partial charge on any atom is -0.392 e. The lowest BCUT2D eigenvalue weighted by molar-refractivity contribution is 0.173. The van der Waals surface area contributed by atoms with E-state index in [1.807, 2.05) is 0 Å². The van der Waals surface area contributed by atoms with Gasteiger partial charge in [0.15, 0.2) is 0 Å². The fourth-order valence-electron chi connectivity index (χ4n) is 2.20. The molecule has 0 saturated carbocycles. The van der Waals surface area contributed by atoms with Gasteiger partial charge in [0.1, 0.15) is 0 Å². The van der Waals surface area contributed by atoms with Crippen molar-refractivity contribution in [1.82, 2.24) is 10.2 Å². The molecule has 2 rings (SSSR count). The summed E-state index contributed by atoms with van der Waals surface area (Å²) < 4.78 is 0. The van der Waals surface area contributed by atoms with E-state index in [1.54, 1.807) is 0 Å². The van der Waals surface area contributed by atoms with Crippen molar-refractivity contribution in [1.29, 1.82) is 0 Å². The van der Waals surface area contributed by atoms with Gasteiger partial charge in [-0.05, 0) is 25.8 Å². The molecule has 2 heterocycles. The molecule has 12 heavy (non-hydrogen) atoms. The first-order valence-corrected chi connectivity index (χ1v) is 4.98. The summed E-state index contributed by atoms with van der Waals surface area (Å²) in [6.45, 7) is 4.29. The highest BCUT2D eigenvalue weighted by molar-refractivity contribution is 4.82. The van der Waals surface area contributed by atoms with E-state index in [-0.39, 0.29) is 6.10 Å². The molecule has 2 atom stereocenters. The van der Waals surface area contributed by atoms with Crippen molar-refractivity contribution in [3.05, 3.63) is 0 Å². The topological polar surface area (TPSA) is 35.5 Å². The third-order valence-electron chi connectivity index (χ3n) is 2.89. The molecule has 2 aliphatic heterocycles. The van der Waals surface area contributed by atoms with Crippen molar-refractivity contribution < 1.29 is 5.11 Å². The first-order valence-electron chi connectivity index (χ1n) is 4.98. The molecule has 0 aromatic rings. The van der Waals surface area contributed by atoms with Gasteiger partial charge < -0.3 is 10.4 Å². The Morgan fingerprint density at radius 2 is 2.33 bits per heavy atom. The molecule has 0 aromatic heterocycles. The highest BCUT2D eigenvalue weighted by Gasteiger charge is 2.23. The second-order valence-corrected chi connectivity index (χ2v) is 4.00. The predicted molar refractivity (Wildman–Crippen MR) is 48.1 cm³/mol. The second-order valence-electron chi connectivity index (χ2n) is 4.00. The summed E-state index contributed by atoms with van der Waals surface area (Å²) >= 11 is 0. The van der Waals surface area contributed by atoms with Crippen molar-refractivity contribution in [3.63, 3.8) is 0 Å². The number of nitrogens with one attached hydrogen (secondary N) is 1. The average molecular weight is 170 g/mol. The largest absolute Gasteiger partial charge is 0.392 e. The van der Waals surface area contributed by atoms with E-state index in [2.05, 4.69) is 10.2 Å². The van der Waals surface area contributed by atoms with Crippen molar-refractivity contribution in [2.45, 2.75) is 31.4 Å². The number of hydrogen-bond donors (Lipinski definition) is 2. The molecule has 0 aliphatic carbocycles. The Morgan fingerprint density at radius 3 is 2.92 bits per heavy atom. The van der Waals surface area contributed by atoms with Crippen LogP contribution in [0, 0.1) is 0 Å². The lowest BCUT2D eigenvalue weighted by Gasteiger charge is -2.19. The minimum atomic E-state index is -0.0635. The van der Waals surface area contributed by atoms with Crippen LogP contribution in [0.15, 0.2) is 0 Å². The first-order chi connectivity index (χ1) is 5.84. The molecule has 0 radical (unpaired) electrons. The lowest BCUT2D eigenvalue weighted by atomic mass is 10.2. The molecule has 1 unspecified atom stereocenters. The van der Waals surface area contributed by atoms with Gasteiger partial charge in [-0.1, -0.05) is 0 Å². The molecular weight excluding hydrogens is 152 g/mol. The Morgan fingerprint density at radius 1 is 1.42 bits per heavy atom. The van der Waals surface area contributed by atoms with Gasteiger partial charge in [-0.15, -0.1) is 0 Å². The molecule has 0 spiro atoms. The molecule has 3 heteroatoms. The Bertz CT molecular complexity index is 145. The number of aliphatic hydroxyl groups is 1. The normalized spacial score (nSPS) is 37.8. The van der Waals surface area contributed by atoms with Gasteiger partial charge in [0.25, 0.3) is 0 Å². The zero-order valence-electron chi connectivity index (χ0n) is 7.50. The summed E-state index contributed by atoms with van der Waals surface area (Å²) in [6, 6.07) is 0.690. The summed E-state index contributed by atoms with van der Waals surface area (Å²) in [5.41, 5.74) is 0. The Hall–Kier alpha value is -0.120. The molecule has 3 nitrogen and oxygen atoms in total. The Kier molecular flexibility index (Phi) is 2.63. The Balaban J connectivity index is 1.72. The maximum Gasteiger partial charge on any atom is 0.0679 e. The van der Waals surface area contributed by atoms with Gasteiger partial charge in [-0.2, -0.15) is 0 Å². The fraction of sp³-hybridized carbons (Fsp3) is 1.00. The Labute approximate surface area is 73.8 Å². The first kappa shape index (κ1) is 8.48. The van der Waals surface area contributed by atoms with E-state index in [0.29, 0.717) is 6.04 Å². The highest BCUT2D eigenvalue weighted by atomic mass is 16.3. The summed E-state index contributed by atoms with van der Waals surface area (Å²) in [6.07, 6.45) is 3.53. The molecular formula is C9H18N2O. The molecule has 0 amide bonds. The monoisotopic (exact) mass is 170 g/mol. The molecule has 70 valence electrons. The maximum atomic E-state index is 9.31. The number of β-amino-alcohol motifs (C(OH)–C–C–N with tert-alkyl or cyclic N) is 1. The van der Waals surface area contributed by atoms with Gasteiger partial charge >= 0.3 is 0 Å². The highest BCUT2D eigenvalue weighted by Crippen LogP contribution is 2.12. The maximum absolute atomic E-state index is 9.31. The second kappa shape index (κ2) is 3.73. The summed E-state index contributed by atoms with van der Waals surface area (Å²) in [5, 5.41) is 12.8. The lowest BCUT2D eigenvalue weighted by Crippen LogP contribution is -2.36. The number of aliphatic hydroxyl groups excluding tert-OH is 1. The van der Waals surface area contributed by atoms with Crippen LogP contribution in [0.2, 0.25) is 0 Å². The smallest absolute Gasteiger partial charge is 0.0679 e. The van der Waals surface area contributed by atoms with Gasteiger partial charge in [0.05, 0.1) is 6.10 Å². The van der Waals surface area contributed by atoms with Crippen LogP contribution in [0.3, 0.4) is 0 Å².